The zero-order valence-electron chi connectivity index (χ0n) is 13.2. The molecule has 1 N–H and O–H groups in total. The first kappa shape index (κ1) is 14.6. The van der Waals surface area contributed by atoms with Crippen molar-refractivity contribution in [2.75, 3.05) is 6.54 Å². The summed E-state index contributed by atoms with van der Waals surface area (Å²) >= 11 is 0. The molecule has 8 nitrogen and oxygen atoms in total. The third kappa shape index (κ3) is 2.56. The van der Waals surface area contributed by atoms with Gasteiger partial charge < -0.3 is 9.30 Å². The van der Waals surface area contributed by atoms with Crippen molar-refractivity contribution in [3.05, 3.63) is 17.8 Å². The lowest BCUT2D eigenvalue weighted by Gasteiger charge is -2.36. The molecule has 1 aliphatic heterocycles. The van der Waals surface area contributed by atoms with Crippen LogP contribution in [0, 0.1) is 0 Å². The molecule has 1 atom stereocenters. The van der Waals surface area contributed by atoms with Gasteiger partial charge in [-0.05, 0) is 45.0 Å². The van der Waals surface area contributed by atoms with Gasteiger partial charge >= 0.3 is 6.09 Å². The van der Waals surface area contributed by atoms with Crippen molar-refractivity contribution in [2.45, 2.75) is 45.9 Å². The monoisotopic (exact) mass is 304 g/mol. The highest BCUT2D eigenvalue weighted by Gasteiger charge is 2.32. The van der Waals surface area contributed by atoms with E-state index in [1.807, 2.05) is 39.8 Å². The molecule has 0 saturated heterocycles. The average molecular weight is 304 g/mol. The van der Waals surface area contributed by atoms with E-state index >= 15 is 0 Å². The fourth-order valence-electron chi connectivity index (χ4n) is 2.69. The highest BCUT2D eigenvalue weighted by atomic mass is 16.6. The van der Waals surface area contributed by atoms with E-state index in [-0.39, 0.29) is 12.1 Å². The van der Waals surface area contributed by atoms with Gasteiger partial charge in [-0.25, -0.2) is 4.79 Å². The standard InChI is InChI=1S/C14H20N6O2/c1-9-10-5-6-11(12-15-17-18-16-12)20(10)8-7-19(9)13(21)22-14(2,3)4/h5-6,9H,7-8H2,1-4H3,(H,15,16,17,18). The van der Waals surface area contributed by atoms with Gasteiger partial charge in [-0.3, -0.25) is 4.90 Å². The zero-order valence-corrected chi connectivity index (χ0v) is 13.2. The molecule has 0 saturated carbocycles. The third-order valence-corrected chi connectivity index (χ3v) is 3.68. The number of aromatic nitrogens is 5. The Morgan fingerprint density at radius 3 is 2.77 bits per heavy atom. The molecule has 8 heteroatoms. The summed E-state index contributed by atoms with van der Waals surface area (Å²) < 4.78 is 7.60. The van der Waals surface area contributed by atoms with Gasteiger partial charge in [0.25, 0.3) is 0 Å². The van der Waals surface area contributed by atoms with E-state index in [0.717, 1.165) is 11.4 Å². The Hall–Kier alpha value is -2.38. The van der Waals surface area contributed by atoms with E-state index in [4.69, 9.17) is 4.74 Å². The highest BCUT2D eigenvalue weighted by molar-refractivity contribution is 5.69. The summed E-state index contributed by atoms with van der Waals surface area (Å²) in [5.41, 5.74) is 1.45. The molecule has 3 heterocycles. The Kier molecular flexibility index (Phi) is 3.38. The first-order valence-corrected chi connectivity index (χ1v) is 7.29. The fraction of sp³-hybridized carbons (Fsp3) is 0.571. The van der Waals surface area contributed by atoms with Crippen LogP contribution in [0.3, 0.4) is 0 Å². The van der Waals surface area contributed by atoms with Crippen molar-refractivity contribution in [3.8, 4) is 11.5 Å². The average Bonchev–Trinajstić information content (AvgIpc) is 3.05. The smallest absolute Gasteiger partial charge is 0.410 e. The number of H-pyrrole nitrogens is 1. The first-order valence-electron chi connectivity index (χ1n) is 7.29. The molecule has 0 spiro atoms. The van der Waals surface area contributed by atoms with Crippen molar-refractivity contribution in [3.63, 3.8) is 0 Å². The molecule has 0 radical (unpaired) electrons. The van der Waals surface area contributed by atoms with Crippen LogP contribution in [0.15, 0.2) is 12.1 Å². The van der Waals surface area contributed by atoms with E-state index < -0.39 is 5.60 Å². The van der Waals surface area contributed by atoms with Gasteiger partial charge in [0.2, 0.25) is 5.82 Å². The van der Waals surface area contributed by atoms with Crippen LogP contribution in [-0.4, -0.2) is 48.3 Å². The Morgan fingerprint density at radius 2 is 2.14 bits per heavy atom. The van der Waals surface area contributed by atoms with E-state index in [1.165, 1.54) is 0 Å². The van der Waals surface area contributed by atoms with Crippen LogP contribution in [0.5, 0.6) is 0 Å². The minimum atomic E-state index is -0.494. The molecule has 1 amide bonds. The van der Waals surface area contributed by atoms with Crippen LogP contribution in [0.4, 0.5) is 4.79 Å². The van der Waals surface area contributed by atoms with Crippen LogP contribution < -0.4 is 0 Å². The molecule has 22 heavy (non-hydrogen) atoms. The summed E-state index contributed by atoms with van der Waals surface area (Å²) in [5.74, 6) is 0.559. The van der Waals surface area contributed by atoms with E-state index in [2.05, 4.69) is 25.2 Å². The lowest BCUT2D eigenvalue weighted by atomic mass is 10.1. The van der Waals surface area contributed by atoms with Gasteiger partial charge in [0.05, 0.1) is 11.7 Å². The maximum Gasteiger partial charge on any atom is 0.410 e. The molecule has 0 fully saturated rings. The summed E-state index contributed by atoms with van der Waals surface area (Å²) in [5, 5.41) is 14.1. The van der Waals surface area contributed by atoms with Gasteiger partial charge in [-0.2, -0.15) is 5.21 Å². The Bertz CT molecular complexity index is 670. The summed E-state index contributed by atoms with van der Waals surface area (Å²) in [6.07, 6.45) is -0.284. The van der Waals surface area contributed by atoms with E-state index in [0.29, 0.717) is 18.9 Å². The Morgan fingerprint density at radius 1 is 1.36 bits per heavy atom. The summed E-state index contributed by atoms with van der Waals surface area (Å²) in [7, 11) is 0. The Balaban J connectivity index is 1.85. The molecular weight excluding hydrogens is 284 g/mol. The molecular formula is C14H20N6O2. The topological polar surface area (TPSA) is 88.9 Å². The number of nitrogens with zero attached hydrogens (tertiary/aromatic N) is 5. The number of ether oxygens (including phenoxy) is 1. The van der Waals surface area contributed by atoms with Crippen LogP contribution in [0.2, 0.25) is 0 Å². The number of rotatable bonds is 1. The summed E-state index contributed by atoms with van der Waals surface area (Å²) in [6.45, 7) is 8.87. The summed E-state index contributed by atoms with van der Waals surface area (Å²) in [6, 6.07) is 3.88. The number of amides is 1. The molecule has 1 aliphatic rings. The normalized spacial score (nSPS) is 18.2. The minimum absolute atomic E-state index is 0.0655. The predicted molar refractivity (Wildman–Crippen MR) is 79.0 cm³/mol. The maximum absolute atomic E-state index is 12.3. The molecule has 3 rings (SSSR count). The SMILES string of the molecule is CC1c2ccc(-c3nn[nH]n3)n2CCN1C(=O)OC(C)(C)C. The second-order valence-electron chi connectivity index (χ2n) is 6.38. The van der Waals surface area contributed by atoms with Crippen LogP contribution in [0.1, 0.15) is 39.4 Å². The van der Waals surface area contributed by atoms with Crippen molar-refractivity contribution in [1.82, 2.24) is 30.1 Å². The molecule has 0 aliphatic carbocycles. The van der Waals surface area contributed by atoms with Gasteiger partial charge in [0.15, 0.2) is 0 Å². The predicted octanol–water partition coefficient (Wildman–Crippen LogP) is 1.98. The minimum Gasteiger partial charge on any atom is -0.444 e. The number of nitrogens with one attached hydrogen (secondary N) is 1. The van der Waals surface area contributed by atoms with Crippen molar-refractivity contribution < 1.29 is 9.53 Å². The molecule has 0 bridgehead atoms. The Labute approximate surface area is 128 Å². The van der Waals surface area contributed by atoms with Crippen molar-refractivity contribution in [1.29, 1.82) is 0 Å². The number of fused-ring (bicyclic) bond motifs is 1. The highest BCUT2D eigenvalue weighted by Crippen LogP contribution is 2.31. The van der Waals surface area contributed by atoms with Gasteiger partial charge in [0.1, 0.15) is 5.60 Å². The van der Waals surface area contributed by atoms with E-state index in [9.17, 15) is 4.79 Å². The lowest BCUT2D eigenvalue weighted by Crippen LogP contribution is -2.43. The van der Waals surface area contributed by atoms with Crippen LogP contribution >= 0.6 is 0 Å². The number of hydrogen-bond donors (Lipinski definition) is 1. The van der Waals surface area contributed by atoms with Gasteiger partial charge in [-0.1, -0.05) is 0 Å². The van der Waals surface area contributed by atoms with Crippen LogP contribution in [-0.2, 0) is 11.3 Å². The second-order valence-corrected chi connectivity index (χ2v) is 6.38. The summed E-state index contributed by atoms with van der Waals surface area (Å²) in [4.78, 5) is 14.1. The lowest BCUT2D eigenvalue weighted by molar-refractivity contribution is 0.0127. The number of tetrazole rings is 1. The molecule has 118 valence electrons. The number of hydrogen-bond acceptors (Lipinski definition) is 5. The first-order chi connectivity index (χ1) is 10.4. The second kappa shape index (κ2) is 5.11. The molecule has 2 aromatic heterocycles. The third-order valence-electron chi connectivity index (χ3n) is 3.68. The zero-order chi connectivity index (χ0) is 15.9. The van der Waals surface area contributed by atoms with Crippen LogP contribution in [0.25, 0.3) is 11.5 Å². The van der Waals surface area contributed by atoms with E-state index in [1.54, 1.807) is 4.90 Å². The number of aromatic amines is 1. The quantitative estimate of drug-likeness (QED) is 0.870. The van der Waals surface area contributed by atoms with Crippen molar-refractivity contribution >= 4 is 6.09 Å². The fourth-order valence-corrected chi connectivity index (χ4v) is 2.69. The van der Waals surface area contributed by atoms with Gasteiger partial charge in [0, 0.05) is 18.8 Å². The number of carbonyl (C=O) groups is 1. The van der Waals surface area contributed by atoms with Gasteiger partial charge in [-0.15, -0.1) is 10.2 Å². The molecule has 1 unspecified atom stereocenters. The van der Waals surface area contributed by atoms with Crippen molar-refractivity contribution in [2.24, 2.45) is 0 Å². The molecule has 2 aromatic rings. The largest absolute Gasteiger partial charge is 0.444 e. The maximum atomic E-state index is 12.3. The molecule has 0 aromatic carbocycles. The number of carbonyl (C=O) groups excluding carboxylic acids is 1.